The molecule has 1 aromatic heterocycles. The van der Waals surface area contributed by atoms with Crippen molar-refractivity contribution < 1.29 is 9.53 Å². The summed E-state index contributed by atoms with van der Waals surface area (Å²) in [5.41, 5.74) is 1.37. The maximum absolute atomic E-state index is 14.0. The number of hydrogen-bond acceptors (Lipinski definition) is 4. The minimum atomic E-state index is -0.490. The SMILES string of the molecule is CCCCCCN(C(=O)c1ccc(Cl)c(Cl)c1)C(CC)c1nc2ccccc2c(=O)n1-c1ccccc1OC. The van der Waals surface area contributed by atoms with Gasteiger partial charge in [-0.25, -0.2) is 4.98 Å². The quantitative estimate of drug-likeness (QED) is 0.173. The summed E-state index contributed by atoms with van der Waals surface area (Å²) < 4.78 is 7.23. The van der Waals surface area contributed by atoms with E-state index in [1.165, 1.54) is 0 Å². The summed E-state index contributed by atoms with van der Waals surface area (Å²) in [6, 6.07) is 19.0. The van der Waals surface area contributed by atoms with E-state index in [-0.39, 0.29) is 11.5 Å². The first-order valence-electron chi connectivity index (χ1n) is 13.3. The second-order valence-corrected chi connectivity index (χ2v) is 10.2. The Kier molecular flexibility index (Phi) is 9.65. The van der Waals surface area contributed by atoms with Crippen LogP contribution in [0.1, 0.15) is 68.2 Å². The molecule has 8 heteroatoms. The molecule has 0 aliphatic heterocycles. The van der Waals surface area contributed by atoms with E-state index in [1.54, 1.807) is 35.9 Å². The molecule has 0 aliphatic rings. The number of para-hydroxylation sites is 3. The largest absolute Gasteiger partial charge is 0.495 e. The van der Waals surface area contributed by atoms with E-state index >= 15 is 0 Å². The van der Waals surface area contributed by atoms with Crippen molar-refractivity contribution in [2.24, 2.45) is 0 Å². The molecule has 0 N–H and O–H groups in total. The van der Waals surface area contributed by atoms with Gasteiger partial charge in [0.1, 0.15) is 11.6 Å². The molecule has 1 amide bonds. The highest BCUT2D eigenvalue weighted by Gasteiger charge is 2.30. The number of fused-ring (bicyclic) bond motifs is 1. The van der Waals surface area contributed by atoms with Gasteiger partial charge in [0, 0.05) is 12.1 Å². The third-order valence-corrected chi connectivity index (χ3v) is 7.61. The van der Waals surface area contributed by atoms with Crippen molar-refractivity contribution in [3.8, 4) is 11.4 Å². The van der Waals surface area contributed by atoms with Gasteiger partial charge in [-0.2, -0.15) is 0 Å². The molecule has 1 unspecified atom stereocenters. The number of carbonyl (C=O) groups is 1. The van der Waals surface area contributed by atoms with Gasteiger partial charge in [0.25, 0.3) is 11.5 Å². The lowest BCUT2D eigenvalue weighted by Crippen LogP contribution is -2.39. The summed E-state index contributed by atoms with van der Waals surface area (Å²) in [6.07, 6.45) is 4.51. The highest BCUT2D eigenvalue weighted by molar-refractivity contribution is 6.42. The number of hydrogen-bond donors (Lipinski definition) is 0. The van der Waals surface area contributed by atoms with Crippen LogP contribution in [-0.4, -0.2) is 34.0 Å². The van der Waals surface area contributed by atoms with Crippen LogP contribution in [0.3, 0.4) is 0 Å². The van der Waals surface area contributed by atoms with Crippen LogP contribution >= 0.6 is 23.2 Å². The molecule has 39 heavy (non-hydrogen) atoms. The van der Waals surface area contributed by atoms with Crippen LogP contribution in [0, 0.1) is 0 Å². The summed E-state index contributed by atoms with van der Waals surface area (Å²) in [4.78, 5) is 34.9. The van der Waals surface area contributed by atoms with Crippen molar-refractivity contribution in [2.45, 2.75) is 52.0 Å². The first-order chi connectivity index (χ1) is 18.9. The Bertz CT molecular complexity index is 1520. The number of carbonyl (C=O) groups excluding carboxylic acids is 1. The molecule has 0 spiro atoms. The maximum atomic E-state index is 14.0. The zero-order valence-corrected chi connectivity index (χ0v) is 24.0. The number of nitrogens with zero attached hydrogens (tertiary/aromatic N) is 3. The van der Waals surface area contributed by atoms with E-state index in [1.807, 2.05) is 54.3 Å². The molecule has 0 aliphatic carbocycles. The second-order valence-electron chi connectivity index (χ2n) is 9.41. The fourth-order valence-electron chi connectivity index (χ4n) is 4.87. The Morgan fingerprint density at radius 1 is 0.974 bits per heavy atom. The number of unbranched alkanes of at least 4 members (excludes halogenated alkanes) is 3. The van der Waals surface area contributed by atoms with Gasteiger partial charge < -0.3 is 9.64 Å². The standard InChI is InChI=1S/C31H33Cl2N3O3/c1-4-6-7-12-19-35(30(37)21-17-18-23(32)24(33)20-21)26(5-2)29-34-25-14-9-8-13-22(25)31(38)36(29)27-15-10-11-16-28(27)39-3/h8-11,13-18,20,26H,4-7,12,19H2,1-3H3. The Morgan fingerprint density at radius 2 is 1.72 bits per heavy atom. The van der Waals surface area contributed by atoms with E-state index in [0.29, 0.717) is 56.7 Å². The number of benzene rings is 3. The minimum absolute atomic E-state index is 0.189. The van der Waals surface area contributed by atoms with Crippen molar-refractivity contribution in [3.63, 3.8) is 0 Å². The van der Waals surface area contributed by atoms with Crippen LogP contribution in [-0.2, 0) is 0 Å². The van der Waals surface area contributed by atoms with Crippen LogP contribution in [0.2, 0.25) is 10.0 Å². The second kappa shape index (κ2) is 13.1. The lowest BCUT2D eigenvalue weighted by atomic mass is 10.1. The number of ether oxygens (including phenoxy) is 1. The smallest absolute Gasteiger partial charge is 0.266 e. The van der Waals surface area contributed by atoms with Gasteiger partial charge in [-0.1, -0.05) is 80.6 Å². The number of aromatic nitrogens is 2. The lowest BCUT2D eigenvalue weighted by molar-refractivity contribution is 0.0654. The monoisotopic (exact) mass is 565 g/mol. The van der Waals surface area contributed by atoms with Crippen molar-refractivity contribution in [1.82, 2.24) is 14.5 Å². The van der Waals surface area contributed by atoms with Crippen LogP contribution < -0.4 is 10.3 Å². The van der Waals surface area contributed by atoms with Crippen LogP contribution in [0.4, 0.5) is 0 Å². The maximum Gasteiger partial charge on any atom is 0.266 e. The number of rotatable bonds is 11. The van der Waals surface area contributed by atoms with Gasteiger partial charge in [-0.15, -0.1) is 0 Å². The molecular weight excluding hydrogens is 533 g/mol. The molecule has 0 saturated heterocycles. The third kappa shape index (κ3) is 6.13. The molecule has 4 aromatic rings. The minimum Gasteiger partial charge on any atom is -0.495 e. The Balaban J connectivity index is 1.93. The molecule has 0 bridgehead atoms. The summed E-state index contributed by atoms with van der Waals surface area (Å²) in [5, 5.41) is 1.19. The number of halogens is 2. The van der Waals surface area contributed by atoms with E-state index in [0.717, 1.165) is 25.7 Å². The first kappa shape index (κ1) is 28.7. The fourth-order valence-corrected chi connectivity index (χ4v) is 5.16. The van der Waals surface area contributed by atoms with Gasteiger partial charge in [0.2, 0.25) is 0 Å². The predicted molar refractivity (Wildman–Crippen MR) is 159 cm³/mol. The molecule has 6 nitrogen and oxygen atoms in total. The molecule has 0 fully saturated rings. The molecule has 1 heterocycles. The van der Waals surface area contributed by atoms with Gasteiger partial charge >= 0.3 is 0 Å². The fraction of sp³-hybridized carbons (Fsp3) is 0.323. The predicted octanol–water partition coefficient (Wildman–Crippen LogP) is 7.87. The van der Waals surface area contributed by atoms with E-state index in [9.17, 15) is 9.59 Å². The summed E-state index contributed by atoms with van der Waals surface area (Å²) in [5.74, 6) is 0.832. The molecule has 204 valence electrons. The normalized spacial score (nSPS) is 11.9. The third-order valence-electron chi connectivity index (χ3n) is 6.87. The zero-order chi connectivity index (χ0) is 27.9. The molecule has 0 saturated carbocycles. The average Bonchev–Trinajstić information content (AvgIpc) is 2.96. The molecule has 0 radical (unpaired) electrons. The van der Waals surface area contributed by atoms with Crippen molar-refractivity contribution in [1.29, 1.82) is 0 Å². The average molecular weight is 567 g/mol. The van der Waals surface area contributed by atoms with E-state index < -0.39 is 6.04 Å². The zero-order valence-electron chi connectivity index (χ0n) is 22.5. The van der Waals surface area contributed by atoms with Gasteiger partial charge in [0.05, 0.1) is 39.8 Å². The van der Waals surface area contributed by atoms with Crippen LogP contribution in [0.15, 0.2) is 71.5 Å². The summed E-state index contributed by atoms with van der Waals surface area (Å²) in [6.45, 7) is 4.66. The van der Waals surface area contributed by atoms with Crippen molar-refractivity contribution >= 4 is 40.0 Å². The molecule has 3 aromatic carbocycles. The van der Waals surface area contributed by atoms with E-state index in [2.05, 4.69) is 6.92 Å². The Hall–Kier alpha value is -3.35. The number of methoxy groups -OCH3 is 1. The van der Waals surface area contributed by atoms with Crippen LogP contribution in [0.25, 0.3) is 16.6 Å². The highest BCUT2D eigenvalue weighted by Crippen LogP contribution is 2.32. The molecule has 1 atom stereocenters. The molecule has 4 rings (SSSR count). The van der Waals surface area contributed by atoms with Gasteiger partial charge in [-0.05, 0) is 55.3 Å². The Morgan fingerprint density at radius 3 is 2.44 bits per heavy atom. The number of amides is 1. The molecular formula is C31H33Cl2N3O3. The Labute approximate surface area is 239 Å². The van der Waals surface area contributed by atoms with Gasteiger partial charge in [0.15, 0.2) is 0 Å². The summed E-state index contributed by atoms with van der Waals surface area (Å²) >= 11 is 12.4. The van der Waals surface area contributed by atoms with Crippen LogP contribution in [0.5, 0.6) is 5.75 Å². The van der Waals surface area contributed by atoms with E-state index in [4.69, 9.17) is 32.9 Å². The van der Waals surface area contributed by atoms with Crippen molar-refractivity contribution in [2.75, 3.05) is 13.7 Å². The van der Waals surface area contributed by atoms with Crippen molar-refractivity contribution in [3.05, 3.63) is 98.5 Å². The highest BCUT2D eigenvalue weighted by atomic mass is 35.5. The first-order valence-corrected chi connectivity index (χ1v) is 14.1. The lowest BCUT2D eigenvalue weighted by Gasteiger charge is -2.33. The van der Waals surface area contributed by atoms with Gasteiger partial charge in [-0.3, -0.25) is 14.2 Å². The topological polar surface area (TPSA) is 64.4 Å². The summed E-state index contributed by atoms with van der Waals surface area (Å²) in [7, 11) is 1.57.